The van der Waals surface area contributed by atoms with E-state index in [1.165, 1.54) is 0 Å². The van der Waals surface area contributed by atoms with Crippen molar-refractivity contribution in [2.45, 2.75) is 19.4 Å². The third-order valence-corrected chi connectivity index (χ3v) is 2.30. The normalized spacial score (nSPS) is 24.9. The topological polar surface area (TPSA) is 61.7 Å². The number of aliphatic hydroxyl groups is 2. The molecule has 1 saturated heterocycles. The maximum absolute atomic E-state index is 9.47. The molecule has 1 aliphatic heterocycles. The van der Waals surface area contributed by atoms with Crippen LogP contribution in [0.5, 0.6) is 0 Å². The van der Waals surface area contributed by atoms with Crippen molar-refractivity contribution in [2.75, 3.05) is 32.9 Å². The monoisotopic (exact) mass is 189 g/mol. The van der Waals surface area contributed by atoms with Gasteiger partial charge in [0, 0.05) is 18.5 Å². The second kappa shape index (κ2) is 3.92. The minimum absolute atomic E-state index is 0.214. The first-order valence-electron chi connectivity index (χ1n) is 4.59. The largest absolute Gasteiger partial charge is 0.393 e. The van der Waals surface area contributed by atoms with Gasteiger partial charge in [-0.05, 0) is 6.92 Å². The van der Waals surface area contributed by atoms with Gasteiger partial charge in [-0.1, -0.05) is 6.92 Å². The molecule has 0 aliphatic carbocycles. The van der Waals surface area contributed by atoms with Crippen molar-refractivity contribution in [1.29, 1.82) is 0 Å². The van der Waals surface area contributed by atoms with Crippen LogP contribution in [0.4, 0.5) is 0 Å². The quantitative estimate of drug-likeness (QED) is 0.538. The molecule has 0 spiro atoms. The number of hydrogen-bond donors (Lipinski definition) is 3. The summed E-state index contributed by atoms with van der Waals surface area (Å²) in [4.78, 5) is 0. The van der Waals surface area contributed by atoms with Gasteiger partial charge in [0.25, 0.3) is 0 Å². The highest BCUT2D eigenvalue weighted by atomic mass is 16.5. The molecule has 1 aliphatic rings. The average Bonchev–Trinajstić information content (AvgIpc) is 2.01. The fourth-order valence-corrected chi connectivity index (χ4v) is 1.24. The molecular formula is C9H19NO3. The number of hydrogen-bond acceptors (Lipinski definition) is 4. The van der Waals surface area contributed by atoms with Crippen LogP contribution in [-0.2, 0) is 4.74 Å². The highest BCUT2D eigenvalue weighted by Gasteiger charge is 2.33. The lowest BCUT2D eigenvalue weighted by Gasteiger charge is -2.38. The van der Waals surface area contributed by atoms with Crippen LogP contribution in [0.2, 0.25) is 0 Å². The van der Waals surface area contributed by atoms with E-state index in [0.29, 0.717) is 6.54 Å². The zero-order valence-corrected chi connectivity index (χ0v) is 8.34. The standard InChI is InChI=1S/C9H19NO3/c1-8(6-13-7-8)3-10-4-9(2,12)5-11/h10-12H,3-7H2,1-2H3. The van der Waals surface area contributed by atoms with E-state index < -0.39 is 5.60 Å². The number of aliphatic hydroxyl groups excluding tert-OH is 1. The average molecular weight is 189 g/mol. The van der Waals surface area contributed by atoms with Gasteiger partial charge in [-0.2, -0.15) is 0 Å². The van der Waals surface area contributed by atoms with Gasteiger partial charge in [-0.25, -0.2) is 0 Å². The molecule has 3 N–H and O–H groups in total. The maximum Gasteiger partial charge on any atom is 0.0972 e. The highest BCUT2D eigenvalue weighted by molar-refractivity contribution is 4.84. The van der Waals surface area contributed by atoms with Gasteiger partial charge in [-0.3, -0.25) is 0 Å². The molecule has 13 heavy (non-hydrogen) atoms. The SMILES string of the molecule is CC(O)(CO)CNCC1(C)COC1. The predicted octanol–water partition coefficient (Wildman–Crippen LogP) is -0.644. The van der Waals surface area contributed by atoms with E-state index in [0.717, 1.165) is 19.8 Å². The molecule has 0 aromatic heterocycles. The van der Waals surface area contributed by atoms with Crippen LogP contribution >= 0.6 is 0 Å². The van der Waals surface area contributed by atoms with Gasteiger partial charge in [0.05, 0.1) is 25.4 Å². The fourth-order valence-electron chi connectivity index (χ4n) is 1.24. The van der Waals surface area contributed by atoms with Crippen molar-refractivity contribution in [2.24, 2.45) is 5.41 Å². The van der Waals surface area contributed by atoms with Gasteiger partial charge >= 0.3 is 0 Å². The third-order valence-electron chi connectivity index (χ3n) is 2.30. The summed E-state index contributed by atoms with van der Waals surface area (Å²) in [7, 11) is 0. The van der Waals surface area contributed by atoms with Crippen LogP contribution in [0.15, 0.2) is 0 Å². The smallest absolute Gasteiger partial charge is 0.0972 e. The van der Waals surface area contributed by atoms with E-state index in [1.807, 2.05) is 0 Å². The molecule has 0 aromatic carbocycles. The Balaban J connectivity index is 2.13. The minimum Gasteiger partial charge on any atom is -0.393 e. The van der Waals surface area contributed by atoms with Crippen molar-refractivity contribution in [1.82, 2.24) is 5.32 Å². The van der Waals surface area contributed by atoms with E-state index >= 15 is 0 Å². The molecule has 78 valence electrons. The van der Waals surface area contributed by atoms with Crippen LogP contribution in [-0.4, -0.2) is 48.7 Å². The van der Waals surface area contributed by atoms with Crippen LogP contribution in [0.25, 0.3) is 0 Å². The number of nitrogens with one attached hydrogen (secondary N) is 1. The molecular weight excluding hydrogens is 170 g/mol. The summed E-state index contributed by atoms with van der Waals surface area (Å²) in [6.07, 6.45) is 0. The Morgan fingerprint density at radius 2 is 2.15 bits per heavy atom. The lowest BCUT2D eigenvalue weighted by molar-refractivity contribution is -0.101. The zero-order valence-electron chi connectivity index (χ0n) is 8.34. The summed E-state index contributed by atoms with van der Waals surface area (Å²) >= 11 is 0. The molecule has 4 heteroatoms. The molecule has 1 rings (SSSR count). The Labute approximate surface area is 78.9 Å². The van der Waals surface area contributed by atoms with Gasteiger partial charge < -0.3 is 20.3 Å². The van der Waals surface area contributed by atoms with Gasteiger partial charge in [0.15, 0.2) is 0 Å². The van der Waals surface area contributed by atoms with Crippen LogP contribution in [0.3, 0.4) is 0 Å². The maximum atomic E-state index is 9.47. The second-order valence-electron chi connectivity index (χ2n) is 4.56. The lowest BCUT2D eigenvalue weighted by atomic mass is 9.88. The van der Waals surface area contributed by atoms with Crippen LogP contribution in [0.1, 0.15) is 13.8 Å². The Bertz CT molecular complexity index is 155. The first-order valence-corrected chi connectivity index (χ1v) is 4.59. The van der Waals surface area contributed by atoms with Crippen LogP contribution < -0.4 is 5.32 Å². The molecule has 1 atom stereocenters. The van der Waals surface area contributed by atoms with Crippen molar-refractivity contribution in [3.8, 4) is 0 Å². The molecule has 1 heterocycles. The zero-order chi connectivity index (χ0) is 9.95. The van der Waals surface area contributed by atoms with Gasteiger partial charge in [0.1, 0.15) is 0 Å². The minimum atomic E-state index is -1.01. The molecule has 0 amide bonds. The molecule has 1 fully saturated rings. The van der Waals surface area contributed by atoms with E-state index in [9.17, 15) is 5.11 Å². The summed E-state index contributed by atoms with van der Waals surface area (Å²) in [5.74, 6) is 0. The number of ether oxygens (including phenoxy) is 1. The molecule has 0 bridgehead atoms. The Morgan fingerprint density at radius 3 is 2.54 bits per heavy atom. The summed E-state index contributed by atoms with van der Waals surface area (Å²) in [6.45, 7) is 6.33. The Morgan fingerprint density at radius 1 is 1.54 bits per heavy atom. The van der Waals surface area contributed by atoms with E-state index in [4.69, 9.17) is 9.84 Å². The molecule has 4 nitrogen and oxygen atoms in total. The van der Waals surface area contributed by atoms with E-state index in [2.05, 4.69) is 12.2 Å². The summed E-state index contributed by atoms with van der Waals surface area (Å²) in [5, 5.41) is 21.4. The fraction of sp³-hybridized carbons (Fsp3) is 1.00. The summed E-state index contributed by atoms with van der Waals surface area (Å²) in [5.41, 5.74) is -0.799. The Kier molecular flexibility index (Phi) is 3.29. The summed E-state index contributed by atoms with van der Waals surface area (Å²) in [6, 6.07) is 0. The molecule has 1 unspecified atom stereocenters. The second-order valence-corrected chi connectivity index (χ2v) is 4.56. The highest BCUT2D eigenvalue weighted by Crippen LogP contribution is 2.25. The third kappa shape index (κ3) is 3.23. The van der Waals surface area contributed by atoms with Gasteiger partial charge in [0.2, 0.25) is 0 Å². The molecule has 0 radical (unpaired) electrons. The lowest BCUT2D eigenvalue weighted by Crippen LogP contribution is -2.50. The molecule has 0 saturated carbocycles. The first kappa shape index (κ1) is 10.9. The van der Waals surface area contributed by atoms with Crippen molar-refractivity contribution < 1.29 is 14.9 Å². The van der Waals surface area contributed by atoms with Crippen molar-refractivity contribution >= 4 is 0 Å². The predicted molar refractivity (Wildman–Crippen MR) is 49.5 cm³/mol. The van der Waals surface area contributed by atoms with Gasteiger partial charge in [-0.15, -0.1) is 0 Å². The summed E-state index contributed by atoms with van der Waals surface area (Å²) < 4.78 is 5.09. The van der Waals surface area contributed by atoms with E-state index in [1.54, 1.807) is 6.92 Å². The molecule has 0 aromatic rings. The van der Waals surface area contributed by atoms with Crippen LogP contribution in [0, 0.1) is 5.41 Å². The van der Waals surface area contributed by atoms with Crippen molar-refractivity contribution in [3.63, 3.8) is 0 Å². The Hall–Kier alpha value is -0.160. The first-order chi connectivity index (χ1) is 5.97. The number of rotatable bonds is 5. The van der Waals surface area contributed by atoms with E-state index in [-0.39, 0.29) is 12.0 Å². The van der Waals surface area contributed by atoms with Crippen molar-refractivity contribution in [3.05, 3.63) is 0 Å².